The van der Waals surface area contributed by atoms with Crippen LogP contribution < -0.4 is 5.43 Å². The lowest BCUT2D eigenvalue weighted by Crippen LogP contribution is -2.02. The molecule has 2 heterocycles. The molecule has 0 atom stereocenters. The summed E-state index contributed by atoms with van der Waals surface area (Å²) >= 11 is 0. The lowest BCUT2D eigenvalue weighted by molar-refractivity contribution is 0.475. The van der Waals surface area contributed by atoms with Gasteiger partial charge in [-0.2, -0.15) is 10.1 Å². The first-order valence-corrected chi connectivity index (χ1v) is 7.96. The molecule has 0 saturated carbocycles. The second kappa shape index (κ2) is 6.20. The van der Waals surface area contributed by atoms with E-state index in [-0.39, 0.29) is 5.75 Å². The molecule has 7 nitrogen and oxygen atoms in total. The van der Waals surface area contributed by atoms with Crippen LogP contribution in [0, 0.1) is 0 Å². The molecule has 0 aliphatic heterocycles. The summed E-state index contributed by atoms with van der Waals surface area (Å²) < 4.78 is 2.11. The van der Waals surface area contributed by atoms with Crippen LogP contribution in [0.25, 0.3) is 22.1 Å². The monoisotopic (exact) mass is 332 g/mol. The van der Waals surface area contributed by atoms with Crippen molar-refractivity contribution in [2.24, 2.45) is 5.10 Å². The van der Waals surface area contributed by atoms with Crippen molar-refractivity contribution in [1.82, 2.24) is 19.7 Å². The number of benzene rings is 2. The highest BCUT2D eigenvalue weighted by atomic mass is 16.3. The molecule has 25 heavy (non-hydrogen) atoms. The number of nitrogens with one attached hydrogen (secondary N) is 1. The van der Waals surface area contributed by atoms with Gasteiger partial charge in [-0.3, -0.25) is 0 Å². The number of aryl methyl sites for hydroxylation is 1. The minimum Gasteiger partial charge on any atom is -0.508 e. The normalized spacial score (nSPS) is 11.6. The van der Waals surface area contributed by atoms with Gasteiger partial charge in [0.05, 0.1) is 11.7 Å². The molecule has 0 unspecified atom stereocenters. The Kier molecular flexibility index (Phi) is 3.74. The number of rotatable bonds is 4. The van der Waals surface area contributed by atoms with Gasteiger partial charge in [0.15, 0.2) is 5.65 Å². The summed E-state index contributed by atoms with van der Waals surface area (Å²) in [4.78, 5) is 4.55. The number of fused-ring (bicyclic) bond motifs is 3. The van der Waals surface area contributed by atoms with E-state index in [4.69, 9.17) is 0 Å². The molecule has 0 aliphatic rings. The first kappa shape index (κ1) is 15.1. The molecular formula is C18H16N6O. The topological polar surface area (TPSA) is 88.2 Å². The van der Waals surface area contributed by atoms with Gasteiger partial charge in [0.25, 0.3) is 5.95 Å². The minimum atomic E-state index is 0.218. The molecule has 0 bridgehead atoms. The maximum Gasteiger partial charge on any atom is 0.265 e. The van der Waals surface area contributed by atoms with Crippen LogP contribution in [0.5, 0.6) is 5.75 Å². The van der Waals surface area contributed by atoms with Crippen LogP contribution in [0.2, 0.25) is 0 Å². The molecule has 4 aromatic rings. The molecule has 0 aliphatic carbocycles. The molecule has 7 heteroatoms. The molecule has 2 aromatic heterocycles. The lowest BCUT2D eigenvalue weighted by Gasteiger charge is -2.02. The average molecular weight is 332 g/mol. The maximum atomic E-state index is 9.28. The largest absolute Gasteiger partial charge is 0.508 e. The second-order valence-electron chi connectivity index (χ2n) is 5.53. The molecule has 4 rings (SSSR count). The van der Waals surface area contributed by atoms with E-state index in [2.05, 4.69) is 43.3 Å². The van der Waals surface area contributed by atoms with E-state index in [1.54, 1.807) is 30.5 Å². The Labute approximate surface area is 143 Å². The van der Waals surface area contributed by atoms with Crippen molar-refractivity contribution >= 4 is 34.2 Å². The number of hydrogen-bond acceptors (Lipinski definition) is 6. The van der Waals surface area contributed by atoms with Gasteiger partial charge < -0.3 is 9.67 Å². The number of phenols is 1. The summed E-state index contributed by atoms with van der Waals surface area (Å²) in [6, 6.07) is 14.8. The Morgan fingerprint density at radius 2 is 1.92 bits per heavy atom. The Balaban J connectivity index is 1.67. The minimum absolute atomic E-state index is 0.218. The molecule has 2 aromatic carbocycles. The maximum absolute atomic E-state index is 9.28. The smallest absolute Gasteiger partial charge is 0.265 e. The molecule has 124 valence electrons. The van der Waals surface area contributed by atoms with E-state index in [1.807, 2.05) is 18.2 Å². The molecule has 0 fully saturated rings. The Hall–Kier alpha value is -3.48. The van der Waals surface area contributed by atoms with E-state index in [1.165, 1.54) is 0 Å². The quantitative estimate of drug-likeness (QED) is 0.443. The molecule has 2 N–H and O–H groups in total. The van der Waals surface area contributed by atoms with Crippen LogP contribution in [0.1, 0.15) is 12.5 Å². The van der Waals surface area contributed by atoms with Crippen LogP contribution in [0.4, 0.5) is 5.95 Å². The van der Waals surface area contributed by atoms with E-state index < -0.39 is 0 Å². The predicted octanol–water partition coefficient (Wildman–Crippen LogP) is 3.15. The number of hydrogen-bond donors (Lipinski definition) is 2. The van der Waals surface area contributed by atoms with Gasteiger partial charge in [-0.1, -0.05) is 18.2 Å². The fraction of sp³-hybridized carbons (Fsp3) is 0.111. The first-order valence-electron chi connectivity index (χ1n) is 7.96. The van der Waals surface area contributed by atoms with Gasteiger partial charge in [0, 0.05) is 11.9 Å². The molecule has 0 saturated heterocycles. The predicted molar refractivity (Wildman–Crippen MR) is 97.8 cm³/mol. The zero-order chi connectivity index (χ0) is 17.2. The zero-order valence-electron chi connectivity index (χ0n) is 13.6. The summed E-state index contributed by atoms with van der Waals surface area (Å²) in [6.45, 7) is 2.86. The van der Waals surface area contributed by atoms with Gasteiger partial charge in [0.1, 0.15) is 11.3 Å². The van der Waals surface area contributed by atoms with Gasteiger partial charge in [-0.15, -0.1) is 10.2 Å². The number of para-hydroxylation sites is 1. The molecule has 0 amide bonds. The molecule has 0 radical (unpaired) electrons. The van der Waals surface area contributed by atoms with Crippen molar-refractivity contribution in [3.05, 3.63) is 54.1 Å². The zero-order valence-corrected chi connectivity index (χ0v) is 13.6. The lowest BCUT2D eigenvalue weighted by atomic mass is 10.2. The summed E-state index contributed by atoms with van der Waals surface area (Å²) in [5.74, 6) is 0.551. The van der Waals surface area contributed by atoms with Crippen molar-refractivity contribution in [1.29, 1.82) is 0 Å². The standard InChI is InChI=1S/C18H16N6O/c1-2-24-15-6-4-3-5-14(15)16-17(24)20-18(23-21-16)22-19-11-12-7-9-13(25)10-8-12/h3-11,25H,2H2,1H3,(H,20,22,23). The van der Waals surface area contributed by atoms with E-state index >= 15 is 0 Å². The van der Waals surface area contributed by atoms with E-state index in [9.17, 15) is 5.11 Å². The van der Waals surface area contributed by atoms with Crippen molar-refractivity contribution in [2.75, 3.05) is 5.43 Å². The summed E-state index contributed by atoms with van der Waals surface area (Å²) in [6.07, 6.45) is 1.63. The Morgan fingerprint density at radius 1 is 1.12 bits per heavy atom. The fourth-order valence-electron chi connectivity index (χ4n) is 2.80. The Bertz CT molecular complexity index is 1070. The third-order valence-electron chi connectivity index (χ3n) is 3.96. The highest BCUT2D eigenvalue weighted by Gasteiger charge is 2.13. The van der Waals surface area contributed by atoms with Crippen LogP contribution in [0.3, 0.4) is 0 Å². The third kappa shape index (κ3) is 2.76. The van der Waals surface area contributed by atoms with Gasteiger partial charge in [-0.05, 0) is 42.8 Å². The summed E-state index contributed by atoms with van der Waals surface area (Å²) in [5, 5.41) is 22.9. The van der Waals surface area contributed by atoms with Gasteiger partial charge >= 0.3 is 0 Å². The van der Waals surface area contributed by atoms with Crippen molar-refractivity contribution in [2.45, 2.75) is 13.5 Å². The Morgan fingerprint density at radius 3 is 2.72 bits per heavy atom. The van der Waals surface area contributed by atoms with E-state index in [0.29, 0.717) is 5.95 Å². The van der Waals surface area contributed by atoms with Crippen LogP contribution in [-0.2, 0) is 6.54 Å². The SMILES string of the molecule is CCn1c2ccccc2c2nnc(NN=Cc3ccc(O)cc3)nc21. The number of hydrazone groups is 1. The number of anilines is 1. The van der Waals surface area contributed by atoms with E-state index in [0.717, 1.165) is 34.2 Å². The number of aromatic hydroxyl groups is 1. The third-order valence-corrected chi connectivity index (χ3v) is 3.96. The highest BCUT2D eigenvalue weighted by molar-refractivity contribution is 6.04. The number of phenolic OH excluding ortho intramolecular Hbond substituents is 1. The van der Waals surface area contributed by atoms with Crippen LogP contribution in [-0.4, -0.2) is 31.1 Å². The average Bonchev–Trinajstić information content (AvgIpc) is 2.96. The first-order chi connectivity index (χ1) is 12.3. The second-order valence-corrected chi connectivity index (χ2v) is 5.53. The number of nitrogens with zero attached hydrogens (tertiary/aromatic N) is 5. The molecule has 0 spiro atoms. The molecular weight excluding hydrogens is 316 g/mol. The van der Waals surface area contributed by atoms with Gasteiger partial charge in [-0.25, -0.2) is 5.43 Å². The van der Waals surface area contributed by atoms with Crippen molar-refractivity contribution < 1.29 is 5.11 Å². The fourth-order valence-corrected chi connectivity index (χ4v) is 2.80. The van der Waals surface area contributed by atoms with Crippen LogP contribution >= 0.6 is 0 Å². The summed E-state index contributed by atoms with van der Waals surface area (Å²) in [5.41, 5.74) is 6.30. The van der Waals surface area contributed by atoms with Crippen molar-refractivity contribution in [3.63, 3.8) is 0 Å². The summed E-state index contributed by atoms with van der Waals surface area (Å²) in [7, 11) is 0. The van der Waals surface area contributed by atoms with Gasteiger partial charge in [0.2, 0.25) is 0 Å². The number of aromatic nitrogens is 4. The highest BCUT2D eigenvalue weighted by Crippen LogP contribution is 2.25. The van der Waals surface area contributed by atoms with Crippen molar-refractivity contribution in [3.8, 4) is 5.75 Å². The van der Waals surface area contributed by atoms with Crippen LogP contribution in [0.15, 0.2) is 53.6 Å².